The van der Waals surface area contributed by atoms with E-state index in [2.05, 4.69) is 68.5 Å². The minimum atomic E-state index is 0. The molecule has 2 aromatic carbocycles. The van der Waals surface area contributed by atoms with E-state index in [4.69, 9.17) is 5.73 Å². The van der Waals surface area contributed by atoms with Crippen LogP contribution in [0.3, 0.4) is 0 Å². The van der Waals surface area contributed by atoms with E-state index in [9.17, 15) is 0 Å². The van der Waals surface area contributed by atoms with Gasteiger partial charge in [0.25, 0.3) is 0 Å². The fourth-order valence-corrected chi connectivity index (χ4v) is 2.25. The SMILES string of the molecule is CC(C)C[C@H](N)/C=C/c1cccc2ccccc12.Cl. The van der Waals surface area contributed by atoms with Crippen LogP contribution in [0.2, 0.25) is 0 Å². The molecule has 0 aliphatic carbocycles. The molecule has 0 fully saturated rings. The summed E-state index contributed by atoms with van der Waals surface area (Å²) in [7, 11) is 0. The quantitative estimate of drug-likeness (QED) is 0.864. The standard InChI is InChI=1S/C17H21N.ClH/c1-13(2)12-16(18)11-10-15-8-5-7-14-6-3-4-9-17(14)15;/h3-11,13,16H,12,18H2,1-2H3;1H/b11-10+;/t16-;/m1./s1. The Morgan fingerprint density at radius 3 is 2.47 bits per heavy atom. The molecule has 2 N–H and O–H groups in total. The second-order valence-corrected chi connectivity index (χ2v) is 5.22. The third-order valence-electron chi connectivity index (χ3n) is 3.09. The molecule has 1 nitrogen and oxygen atoms in total. The molecule has 0 saturated carbocycles. The summed E-state index contributed by atoms with van der Waals surface area (Å²) >= 11 is 0. The highest BCUT2D eigenvalue weighted by Crippen LogP contribution is 2.20. The van der Waals surface area contributed by atoms with Crippen molar-refractivity contribution in [2.45, 2.75) is 26.3 Å². The van der Waals surface area contributed by atoms with Crippen molar-refractivity contribution in [1.29, 1.82) is 0 Å². The monoisotopic (exact) mass is 275 g/mol. The second-order valence-electron chi connectivity index (χ2n) is 5.22. The predicted octanol–water partition coefficient (Wildman–Crippen LogP) is 4.65. The number of nitrogens with two attached hydrogens (primary N) is 1. The summed E-state index contributed by atoms with van der Waals surface area (Å²) in [5, 5.41) is 2.56. The van der Waals surface area contributed by atoms with Crippen LogP contribution in [0.25, 0.3) is 16.8 Å². The van der Waals surface area contributed by atoms with Gasteiger partial charge in [0.05, 0.1) is 0 Å². The van der Waals surface area contributed by atoms with Crippen molar-refractivity contribution in [1.82, 2.24) is 0 Å². The molecule has 0 radical (unpaired) electrons. The van der Waals surface area contributed by atoms with E-state index in [1.54, 1.807) is 0 Å². The molecule has 2 heteroatoms. The van der Waals surface area contributed by atoms with Crippen molar-refractivity contribution >= 4 is 29.3 Å². The number of rotatable bonds is 4. The first-order chi connectivity index (χ1) is 8.66. The van der Waals surface area contributed by atoms with Gasteiger partial charge in [-0.3, -0.25) is 0 Å². The summed E-state index contributed by atoms with van der Waals surface area (Å²) in [5.41, 5.74) is 7.32. The lowest BCUT2D eigenvalue weighted by Gasteiger charge is -2.09. The summed E-state index contributed by atoms with van der Waals surface area (Å²) in [6.07, 6.45) is 5.29. The third-order valence-corrected chi connectivity index (χ3v) is 3.09. The van der Waals surface area contributed by atoms with Gasteiger partial charge in [-0.15, -0.1) is 12.4 Å². The molecule has 0 amide bonds. The fraction of sp³-hybridized carbons (Fsp3) is 0.294. The molecule has 0 unspecified atom stereocenters. The van der Waals surface area contributed by atoms with Gasteiger partial charge in [-0.25, -0.2) is 0 Å². The summed E-state index contributed by atoms with van der Waals surface area (Å²) < 4.78 is 0. The van der Waals surface area contributed by atoms with Crippen LogP contribution in [0.5, 0.6) is 0 Å². The molecular formula is C17H22ClN. The maximum absolute atomic E-state index is 6.08. The number of fused-ring (bicyclic) bond motifs is 1. The smallest absolute Gasteiger partial charge is 0.0229 e. The van der Waals surface area contributed by atoms with Crippen molar-refractivity contribution in [3.63, 3.8) is 0 Å². The van der Waals surface area contributed by atoms with Crippen molar-refractivity contribution in [3.05, 3.63) is 54.1 Å². The van der Waals surface area contributed by atoms with Crippen LogP contribution >= 0.6 is 12.4 Å². The van der Waals surface area contributed by atoms with Crippen molar-refractivity contribution < 1.29 is 0 Å². The van der Waals surface area contributed by atoms with Crippen molar-refractivity contribution in [2.75, 3.05) is 0 Å². The van der Waals surface area contributed by atoms with Gasteiger partial charge in [0.1, 0.15) is 0 Å². The summed E-state index contributed by atoms with van der Waals surface area (Å²) in [5.74, 6) is 0.636. The molecule has 1 atom stereocenters. The first-order valence-electron chi connectivity index (χ1n) is 6.58. The van der Waals surface area contributed by atoms with E-state index >= 15 is 0 Å². The van der Waals surface area contributed by atoms with Gasteiger partial charge in [0.15, 0.2) is 0 Å². The van der Waals surface area contributed by atoms with E-state index in [1.165, 1.54) is 16.3 Å². The highest BCUT2D eigenvalue weighted by atomic mass is 35.5. The minimum absolute atomic E-state index is 0. The van der Waals surface area contributed by atoms with Gasteiger partial charge >= 0.3 is 0 Å². The Morgan fingerprint density at radius 2 is 1.74 bits per heavy atom. The molecule has 0 spiro atoms. The van der Waals surface area contributed by atoms with Crippen molar-refractivity contribution in [3.8, 4) is 0 Å². The number of hydrogen-bond acceptors (Lipinski definition) is 1. The first kappa shape index (κ1) is 15.7. The zero-order chi connectivity index (χ0) is 13.0. The summed E-state index contributed by atoms with van der Waals surface area (Å²) in [4.78, 5) is 0. The van der Waals surface area contributed by atoms with Gasteiger partial charge in [0, 0.05) is 6.04 Å². The molecule has 0 bridgehead atoms. The Hall–Kier alpha value is -1.31. The van der Waals surface area contributed by atoms with Gasteiger partial charge < -0.3 is 5.73 Å². The predicted molar refractivity (Wildman–Crippen MR) is 87.7 cm³/mol. The molecule has 0 heterocycles. The van der Waals surface area contributed by atoms with E-state index in [0.29, 0.717) is 5.92 Å². The van der Waals surface area contributed by atoms with Gasteiger partial charge in [-0.2, -0.15) is 0 Å². The van der Waals surface area contributed by atoms with Gasteiger partial charge in [-0.05, 0) is 28.7 Å². The number of halogens is 1. The van der Waals surface area contributed by atoms with E-state index in [-0.39, 0.29) is 18.4 Å². The lowest BCUT2D eigenvalue weighted by molar-refractivity contribution is 0.547. The Balaban J connectivity index is 0.00000180. The molecule has 0 aliphatic heterocycles. The Morgan fingerprint density at radius 1 is 1.05 bits per heavy atom. The lowest BCUT2D eigenvalue weighted by Crippen LogP contribution is -2.18. The van der Waals surface area contributed by atoms with Crippen LogP contribution in [0.1, 0.15) is 25.8 Å². The normalized spacial score (nSPS) is 12.8. The molecule has 2 aromatic rings. The first-order valence-corrected chi connectivity index (χ1v) is 6.58. The van der Waals surface area contributed by atoms with Gasteiger partial charge in [0.2, 0.25) is 0 Å². The summed E-state index contributed by atoms with van der Waals surface area (Å²) in [6.45, 7) is 4.40. The Bertz CT molecular complexity index is 540. The van der Waals surface area contributed by atoms with Crippen LogP contribution < -0.4 is 5.73 Å². The van der Waals surface area contributed by atoms with Crippen molar-refractivity contribution in [2.24, 2.45) is 11.7 Å². The highest BCUT2D eigenvalue weighted by molar-refractivity contribution is 5.90. The van der Waals surface area contributed by atoms with Crippen LogP contribution in [0, 0.1) is 5.92 Å². The van der Waals surface area contributed by atoms with Crippen LogP contribution in [-0.4, -0.2) is 6.04 Å². The Labute approximate surface area is 121 Å². The molecule has 19 heavy (non-hydrogen) atoms. The maximum atomic E-state index is 6.08. The molecule has 2 rings (SSSR count). The zero-order valence-corrected chi connectivity index (χ0v) is 12.4. The molecule has 0 saturated heterocycles. The minimum Gasteiger partial charge on any atom is -0.324 e. The zero-order valence-electron chi connectivity index (χ0n) is 11.5. The molecule has 0 aliphatic rings. The largest absolute Gasteiger partial charge is 0.324 e. The third kappa shape index (κ3) is 4.38. The average Bonchev–Trinajstić information content (AvgIpc) is 2.35. The van der Waals surface area contributed by atoms with E-state index < -0.39 is 0 Å². The molecule has 102 valence electrons. The second kappa shape index (κ2) is 7.32. The topological polar surface area (TPSA) is 26.0 Å². The number of hydrogen-bond donors (Lipinski definition) is 1. The van der Waals surface area contributed by atoms with Crippen LogP contribution in [0.15, 0.2) is 48.5 Å². The Kier molecular flexibility index (Phi) is 6.07. The molecular weight excluding hydrogens is 254 g/mol. The molecule has 0 aromatic heterocycles. The lowest BCUT2D eigenvalue weighted by atomic mass is 10.0. The highest BCUT2D eigenvalue weighted by Gasteiger charge is 2.02. The van der Waals surface area contributed by atoms with Gasteiger partial charge in [-0.1, -0.05) is 68.5 Å². The maximum Gasteiger partial charge on any atom is 0.0229 e. The van der Waals surface area contributed by atoms with E-state index in [0.717, 1.165) is 6.42 Å². The number of benzene rings is 2. The summed E-state index contributed by atoms with van der Waals surface area (Å²) in [6, 6.07) is 15.0. The van der Waals surface area contributed by atoms with E-state index in [1.807, 2.05) is 0 Å². The average molecular weight is 276 g/mol. The fourth-order valence-electron chi connectivity index (χ4n) is 2.25. The van der Waals surface area contributed by atoms with Crippen LogP contribution in [0.4, 0.5) is 0 Å². The van der Waals surface area contributed by atoms with Crippen LogP contribution in [-0.2, 0) is 0 Å².